The van der Waals surface area contributed by atoms with Crippen LogP contribution < -0.4 is 9.46 Å². The van der Waals surface area contributed by atoms with E-state index in [9.17, 15) is 21.6 Å². The number of thiazole rings is 1. The molecule has 172 valence electrons. The van der Waals surface area contributed by atoms with E-state index in [0.717, 1.165) is 6.20 Å². The van der Waals surface area contributed by atoms with E-state index < -0.39 is 34.0 Å². The summed E-state index contributed by atoms with van der Waals surface area (Å²) < 4.78 is 74.4. The number of anilines is 1. The molecule has 14 heteroatoms. The fraction of sp³-hybridized carbons (Fsp3) is 0.105. The van der Waals surface area contributed by atoms with E-state index in [1.165, 1.54) is 36.4 Å². The largest absolute Gasteiger partial charge is 0.456 e. The highest BCUT2D eigenvalue weighted by molar-refractivity contribution is 7.92. The topological polar surface area (TPSA) is 94.1 Å². The second-order valence-electron chi connectivity index (χ2n) is 6.46. The Hall–Kier alpha value is -2.67. The summed E-state index contributed by atoms with van der Waals surface area (Å²) in [6.45, 7) is 0. The Morgan fingerprint density at radius 2 is 1.64 bits per heavy atom. The molecule has 7 nitrogen and oxygen atoms in total. The highest BCUT2D eigenvalue weighted by Crippen LogP contribution is 2.41. The molecule has 0 saturated heterocycles. The summed E-state index contributed by atoms with van der Waals surface area (Å²) >= 11 is 12.2. The summed E-state index contributed by atoms with van der Waals surface area (Å²) in [4.78, 5) is 11.2. The molecule has 0 aliphatic carbocycles. The van der Waals surface area contributed by atoms with Crippen molar-refractivity contribution in [2.75, 3.05) is 4.72 Å². The summed E-state index contributed by atoms with van der Waals surface area (Å²) in [6.07, 6.45) is -6.48. The predicted octanol–water partition coefficient (Wildman–Crippen LogP) is 5.88. The lowest BCUT2D eigenvalue weighted by Crippen LogP contribution is -2.26. The van der Waals surface area contributed by atoms with Crippen molar-refractivity contribution in [2.45, 2.75) is 17.2 Å². The summed E-state index contributed by atoms with van der Waals surface area (Å²) in [7, 11) is -4.34. The second-order valence-corrected chi connectivity index (χ2v) is 10.2. The Morgan fingerprint density at radius 1 is 1.00 bits per heavy atom. The fourth-order valence-corrected chi connectivity index (χ4v) is 5.29. The highest BCUT2D eigenvalue weighted by Gasteiger charge is 2.45. The van der Waals surface area contributed by atoms with E-state index in [-0.39, 0.29) is 30.3 Å². The number of nitrogens with one attached hydrogen (secondary N) is 1. The molecule has 2 aromatic heterocycles. The number of nitrogens with zero attached hydrogens (tertiary/aromatic N) is 3. The first-order chi connectivity index (χ1) is 15.5. The zero-order valence-corrected chi connectivity index (χ0v) is 19.2. The van der Waals surface area contributed by atoms with E-state index in [2.05, 4.69) is 19.7 Å². The molecule has 0 fully saturated rings. The third-order valence-electron chi connectivity index (χ3n) is 4.18. The zero-order valence-electron chi connectivity index (χ0n) is 16.0. The van der Waals surface area contributed by atoms with Crippen molar-refractivity contribution in [3.05, 3.63) is 69.1 Å². The van der Waals surface area contributed by atoms with Gasteiger partial charge >= 0.3 is 6.18 Å². The molecule has 33 heavy (non-hydrogen) atoms. The van der Waals surface area contributed by atoms with Crippen LogP contribution in [0.1, 0.15) is 11.0 Å². The number of ether oxygens (including phenoxy) is 1. The van der Waals surface area contributed by atoms with Crippen molar-refractivity contribution in [3.63, 3.8) is 0 Å². The van der Waals surface area contributed by atoms with E-state index >= 15 is 0 Å². The van der Waals surface area contributed by atoms with Gasteiger partial charge in [0.05, 0.1) is 20.9 Å². The van der Waals surface area contributed by atoms with Gasteiger partial charge in [-0.2, -0.15) is 13.2 Å². The van der Waals surface area contributed by atoms with Crippen LogP contribution in [0.25, 0.3) is 11.0 Å². The average Bonchev–Trinajstić information content (AvgIpc) is 3.16. The van der Waals surface area contributed by atoms with Gasteiger partial charge in [0, 0.05) is 6.20 Å². The number of aromatic nitrogens is 3. The van der Waals surface area contributed by atoms with Crippen molar-refractivity contribution < 1.29 is 26.3 Å². The summed E-state index contributed by atoms with van der Waals surface area (Å²) in [5, 5.41) is -0.0892. The molecular formula is C19H11Cl2F3N4O3S2. The van der Waals surface area contributed by atoms with Gasteiger partial charge in [0.15, 0.2) is 4.47 Å². The van der Waals surface area contributed by atoms with Gasteiger partial charge in [-0.3, -0.25) is 4.72 Å². The Kier molecular flexibility index (Phi) is 6.36. The number of halogens is 5. The van der Waals surface area contributed by atoms with Crippen LogP contribution in [-0.4, -0.2) is 29.5 Å². The zero-order chi connectivity index (χ0) is 23.8. The van der Waals surface area contributed by atoms with E-state index in [1.54, 1.807) is 12.1 Å². The predicted molar refractivity (Wildman–Crippen MR) is 118 cm³/mol. The van der Waals surface area contributed by atoms with Gasteiger partial charge in [0.1, 0.15) is 4.90 Å². The van der Waals surface area contributed by atoms with Crippen molar-refractivity contribution >= 4 is 61.4 Å². The molecule has 4 aromatic rings. The van der Waals surface area contributed by atoms with Crippen LogP contribution in [0.3, 0.4) is 0 Å². The Labute approximate surface area is 199 Å². The average molecular weight is 535 g/mol. The van der Waals surface area contributed by atoms with Crippen molar-refractivity contribution in [1.82, 2.24) is 15.0 Å². The number of hydrogen-bond donors (Lipinski definition) is 1. The lowest BCUT2D eigenvalue weighted by Gasteiger charge is -2.21. The van der Waals surface area contributed by atoms with Gasteiger partial charge in [-0.15, -0.1) is 11.3 Å². The summed E-state index contributed by atoms with van der Waals surface area (Å²) in [5.74, 6) is -1.23. The minimum absolute atomic E-state index is 0.0892. The quantitative estimate of drug-likeness (QED) is 0.332. The summed E-state index contributed by atoms with van der Waals surface area (Å²) in [6, 6.07) is 11.8. The molecule has 0 radical (unpaired) electrons. The maximum atomic E-state index is 13.8. The first-order valence-electron chi connectivity index (χ1n) is 8.93. The number of benzene rings is 2. The minimum Gasteiger partial charge on any atom is -0.456 e. The molecule has 0 bridgehead atoms. The number of sulfonamides is 1. The van der Waals surface area contributed by atoms with Crippen LogP contribution >= 0.6 is 34.5 Å². The summed E-state index contributed by atoms with van der Waals surface area (Å²) in [5.41, 5.74) is 0.419. The Bertz CT molecular complexity index is 1430. The van der Waals surface area contributed by atoms with E-state index in [0.29, 0.717) is 11.3 Å². The molecule has 4 rings (SSSR count). The van der Waals surface area contributed by atoms with E-state index in [1.807, 2.05) is 0 Å². The van der Waals surface area contributed by atoms with Crippen LogP contribution in [0.2, 0.25) is 9.49 Å². The normalized spacial score (nSPS) is 13.1. The first kappa shape index (κ1) is 23.5. The molecule has 0 amide bonds. The molecule has 1 unspecified atom stereocenters. The van der Waals surface area contributed by atoms with Gasteiger partial charge in [-0.1, -0.05) is 47.5 Å². The third kappa shape index (κ3) is 5.13. The standard InChI is InChI=1S/C19H11Cl2F3N4O3S2/c20-10-5-1-4-8-14(10)33(29,30)28-16-17(27-12-7-3-2-6-11(12)26-16)31-15(19(22,23)24)13-9-25-18(21)32-13/h1-9,15H,(H,26,28). The number of alkyl halides is 3. The SMILES string of the molecule is O=S(=O)(Nc1nc2ccccc2nc1OC(c1cnc(Cl)s1)C(F)(F)F)c1ccccc1Cl. The van der Waals surface area contributed by atoms with Gasteiger partial charge in [0.2, 0.25) is 11.9 Å². The monoisotopic (exact) mass is 534 g/mol. The molecule has 0 spiro atoms. The van der Waals surface area contributed by atoms with Crippen LogP contribution in [0.4, 0.5) is 19.0 Å². The van der Waals surface area contributed by atoms with Gasteiger partial charge < -0.3 is 4.74 Å². The van der Waals surface area contributed by atoms with Crippen LogP contribution in [-0.2, 0) is 10.0 Å². The molecule has 2 aromatic carbocycles. The molecule has 1 atom stereocenters. The fourth-order valence-electron chi connectivity index (χ4n) is 2.76. The highest BCUT2D eigenvalue weighted by atomic mass is 35.5. The van der Waals surface area contributed by atoms with Crippen molar-refractivity contribution in [2.24, 2.45) is 0 Å². The lowest BCUT2D eigenvalue weighted by atomic mass is 10.3. The van der Waals surface area contributed by atoms with Gasteiger partial charge in [0.25, 0.3) is 15.9 Å². The lowest BCUT2D eigenvalue weighted by molar-refractivity contribution is -0.197. The maximum absolute atomic E-state index is 13.8. The Balaban J connectivity index is 1.82. The number of para-hydroxylation sites is 2. The molecule has 0 saturated carbocycles. The first-order valence-corrected chi connectivity index (χ1v) is 12.0. The third-order valence-corrected chi connectivity index (χ3v) is 7.17. The second kappa shape index (κ2) is 8.93. The van der Waals surface area contributed by atoms with E-state index in [4.69, 9.17) is 27.9 Å². The molecule has 0 aliphatic rings. The van der Waals surface area contributed by atoms with Gasteiger partial charge in [-0.05, 0) is 24.3 Å². The van der Waals surface area contributed by atoms with Crippen LogP contribution in [0, 0.1) is 0 Å². The smallest absolute Gasteiger partial charge is 0.430 e. The number of fused-ring (bicyclic) bond motifs is 1. The Morgan fingerprint density at radius 3 is 2.24 bits per heavy atom. The molecule has 1 N–H and O–H groups in total. The van der Waals surface area contributed by atoms with Crippen molar-refractivity contribution in [3.8, 4) is 5.88 Å². The van der Waals surface area contributed by atoms with Gasteiger partial charge in [-0.25, -0.2) is 23.4 Å². The minimum atomic E-state index is -4.89. The molecule has 2 heterocycles. The maximum Gasteiger partial charge on any atom is 0.430 e. The molecule has 0 aliphatic heterocycles. The van der Waals surface area contributed by atoms with Crippen LogP contribution in [0.15, 0.2) is 59.6 Å². The number of hydrogen-bond acceptors (Lipinski definition) is 7. The molecular weight excluding hydrogens is 524 g/mol. The van der Waals surface area contributed by atoms with Crippen molar-refractivity contribution in [1.29, 1.82) is 0 Å². The number of rotatable bonds is 6. The van der Waals surface area contributed by atoms with Crippen LogP contribution in [0.5, 0.6) is 5.88 Å².